The summed E-state index contributed by atoms with van der Waals surface area (Å²) in [5.74, 6) is -0.00797. The minimum absolute atomic E-state index is 0.00797. The van der Waals surface area contributed by atoms with Crippen molar-refractivity contribution in [2.45, 2.75) is 17.3 Å². The van der Waals surface area contributed by atoms with Gasteiger partial charge in [-0.2, -0.15) is 0 Å². The van der Waals surface area contributed by atoms with Crippen LogP contribution in [0.2, 0.25) is 10.0 Å². The smallest absolute Gasteiger partial charge is 0.266 e. The molecule has 1 aliphatic rings. The first-order valence-corrected chi connectivity index (χ1v) is 11.1. The number of carbonyl (C=O) groups is 1. The van der Waals surface area contributed by atoms with Crippen molar-refractivity contribution in [2.75, 3.05) is 26.3 Å². The van der Waals surface area contributed by atoms with Gasteiger partial charge < -0.3 is 9.64 Å². The van der Waals surface area contributed by atoms with Gasteiger partial charge in [0, 0.05) is 23.1 Å². The minimum atomic E-state index is -0.426. The molecule has 1 atom stereocenters. The first kappa shape index (κ1) is 21.2. The number of fused-ring (bicyclic) bond motifs is 1. The highest BCUT2D eigenvalue weighted by Gasteiger charge is 2.25. The first-order chi connectivity index (χ1) is 14.4. The standard InChI is InChI=1S/C21H19Cl2N3O3S/c1-13(19(27)25-8-10-29-11-9-25)30-21-24-18-12-15(23)4-7-17(18)20(28)26(21)16-5-2-14(22)3-6-16/h2-7,12-13H,8-11H2,1H3. The van der Waals surface area contributed by atoms with Gasteiger partial charge in [-0.25, -0.2) is 4.98 Å². The summed E-state index contributed by atoms with van der Waals surface area (Å²) in [7, 11) is 0. The van der Waals surface area contributed by atoms with Crippen LogP contribution in [-0.4, -0.2) is 51.9 Å². The highest BCUT2D eigenvalue weighted by molar-refractivity contribution is 8.00. The van der Waals surface area contributed by atoms with Crippen LogP contribution in [-0.2, 0) is 9.53 Å². The molecule has 1 saturated heterocycles. The Morgan fingerprint density at radius 2 is 1.77 bits per heavy atom. The average molecular weight is 464 g/mol. The Hall–Kier alpha value is -2.06. The number of nitrogens with zero attached hydrogens (tertiary/aromatic N) is 3. The van der Waals surface area contributed by atoms with Crippen LogP contribution in [0.1, 0.15) is 6.92 Å². The van der Waals surface area contributed by atoms with E-state index in [0.29, 0.717) is 58.1 Å². The van der Waals surface area contributed by atoms with Crippen LogP contribution in [0, 0.1) is 0 Å². The Labute approximate surface area is 187 Å². The summed E-state index contributed by atoms with van der Waals surface area (Å²) in [5, 5.41) is 1.51. The Balaban J connectivity index is 1.78. The van der Waals surface area contributed by atoms with E-state index < -0.39 is 5.25 Å². The molecule has 3 aromatic rings. The number of aromatic nitrogens is 2. The molecule has 2 heterocycles. The first-order valence-electron chi connectivity index (χ1n) is 9.45. The zero-order valence-corrected chi connectivity index (χ0v) is 18.5. The summed E-state index contributed by atoms with van der Waals surface area (Å²) in [6.07, 6.45) is 0. The predicted molar refractivity (Wildman–Crippen MR) is 120 cm³/mol. The molecule has 9 heteroatoms. The van der Waals surface area contributed by atoms with Gasteiger partial charge in [-0.15, -0.1) is 0 Å². The van der Waals surface area contributed by atoms with Crippen molar-refractivity contribution in [1.82, 2.24) is 14.5 Å². The normalized spacial score (nSPS) is 15.4. The molecule has 0 bridgehead atoms. The number of morpholine rings is 1. The number of benzene rings is 2. The molecule has 1 fully saturated rings. The van der Waals surface area contributed by atoms with Gasteiger partial charge in [0.25, 0.3) is 5.56 Å². The van der Waals surface area contributed by atoms with Crippen molar-refractivity contribution >= 4 is 51.8 Å². The van der Waals surface area contributed by atoms with Crippen LogP contribution < -0.4 is 5.56 Å². The van der Waals surface area contributed by atoms with Crippen LogP contribution in [0.25, 0.3) is 16.6 Å². The Kier molecular flexibility index (Phi) is 6.34. The van der Waals surface area contributed by atoms with Gasteiger partial charge in [-0.1, -0.05) is 35.0 Å². The van der Waals surface area contributed by atoms with E-state index in [0.717, 1.165) is 0 Å². The SMILES string of the molecule is CC(Sc1nc2cc(Cl)ccc2c(=O)n1-c1ccc(Cl)cc1)C(=O)N1CCOCC1. The van der Waals surface area contributed by atoms with Gasteiger partial charge >= 0.3 is 0 Å². The fourth-order valence-corrected chi connectivity index (χ4v) is 4.59. The van der Waals surface area contributed by atoms with Crippen LogP contribution in [0.5, 0.6) is 0 Å². The largest absolute Gasteiger partial charge is 0.378 e. The molecule has 1 unspecified atom stereocenters. The molecule has 0 saturated carbocycles. The van der Waals surface area contributed by atoms with Crippen molar-refractivity contribution in [3.63, 3.8) is 0 Å². The monoisotopic (exact) mass is 463 g/mol. The number of halogens is 2. The molecule has 0 aliphatic carbocycles. The number of thioether (sulfide) groups is 1. The third-order valence-corrected chi connectivity index (χ3v) is 6.37. The number of ether oxygens (including phenoxy) is 1. The second kappa shape index (κ2) is 8.98. The number of amides is 1. The van der Waals surface area contributed by atoms with Crippen molar-refractivity contribution in [3.05, 3.63) is 62.9 Å². The molecule has 2 aromatic carbocycles. The molecular weight excluding hydrogens is 445 g/mol. The van der Waals surface area contributed by atoms with Crippen LogP contribution in [0.15, 0.2) is 52.4 Å². The van der Waals surface area contributed by atoms with Gasteiger partial charge in [0.1, 0.15) is 0 Å². The second-order valence-corrected chi connectivity index (χ2v) is 9.05. The van der Waals surface area contributed by atoms with Crippen molar-refractivity contribution in [3.8, 4) is 5.69 Å². The maximum absolute atomic E-state index is 13.3. The lowest BCUT2D eigenvalue weighted by molar-refractivity contribution is -0.134. The lowest BCUT2D eigenvalue weighted by Crippen LogP contribution is -2.44. The van der Waals surface area contributed by atoms with E-state index in [1.54, 1.807) is 47.4 Å². The summed E-state index contributed by atoms with van der Waals surface area (Å²) in [6, 6.07) is 11.9. The lowest BCUT2D eigenvalue weighted by Gasteiger charge is -2.29. The van der Waals surface area contributed by atoms with E-state index in [2.05, 4.69) is 4.98 Å². The molecule has 1 amide bonds. The van der Waals surface area contributed by atoms with Gasteiger partial charge in [0.05, 0.1) is 35.1 Å². The number of carbonyl (C=O) groups excluding carboxylic acids is 1. The highest BCUT2D eigenvalue weighted by atomic mass is 35.5. The second-order valence-electron chi connectivity index (χ2n) is 6.87. The van der Waals surface area contributed by atoms with E-state index in [-0.39, 0.29) is 11.5 Å². The molecule has 0 N–H and O–H groups in total. The fraction of sp³-hybridized carbons (Fsp3) is 0.286. The fourth-order valence-electron chi connectivity index (χ4n) is 3.28. The van der Waals surface area contributed by atoms with Gasteiger partial charge in [-0.05, 0) is 49.4 Å². The molecule has 0 spiro atoms. The summed E-state index contributed by atoms with van der Waals surface area (Å²) < 4.78 is 6.84. The van der Waals surface area contributed by atoms with Crippen molar-refractivity contribution < 1.29 is 9.53 Å². The van der Waals surface area contributed by atoms with Crippen LogP contribution >= 0.6 is 35.0 Å². The lowest BCUT2D eigenvalue weighted by atomic mass is 10.2. The quantitative estimate of drug-likeness (QED) is 0.431. The minimum Gasteiger partial charge on any atom is -0.378 e. The molecule has 156 valence electrons. The van der Waals surface area contributed by atoms with E-state index >= 15 is 0 Å². The number of hydrogen-bond acceptors (Lipinski definition) is 5. The van der Waals surface area contributed by atoms with Crippen LogP contribution in [0.3, 0.4) is 0 Å². The van der Waals surface area contributed by atoms with Gasteiger partial charge in [0.2, 0.25) is 5.91 Å². The molecule has 4 rings (SSSR count). The van der Waals surface area contributed by atoms with Crippen LogP contribution in [0.4, 0.5) is 0 Å². The molecule has 1 aliphatic heterocycles. The van der Waals surface area contributed by atoms with Gasteiger partial charge in [-0.3, -0.25) is 14.2 Å². The number of hydrogen-bond donors (Lipinski definition) is 0. The van der Waals surface area contributed by atoms with Gasteiger partial charge in [0.15, 0.2) is 5.16 Å². The van der Waals surface area contributed by atoms with E-state index in [1.807, 2.05) is 6.92 Å². The predicted octanol–water partition coefficient (Wildman–Crippen LogP) is 4.03. The average Bonchev–Trinajstić information content (AvgIpc) is 2.75. The summed E-state index contributed by atoms with van der Waals surface area (Å²) in [5.41, 5.74) is 0.890. The Bertz CT molecular complexity index is 1140. The Morgan fingerprint density at radius 1 is 1.10 bits per heavy atom. The molecular formula is C21H19Cl2N3O3S. The van der Waals surface area contributed by atoms with Crippen molar-refractivity contribution in [1.29, 1.82) is 0 Å². The van der Waals surface area contributed by atoms with Crippen molar-refractivity contribution in [2.24, 2.45) is 0 Å². The zero-order chi connectivity index (χ0) is 21.3. The third kappa shape index (κ3) is 4.34. The number of rotatable bonds is 4. The maximum Gasteiger partial charge on any atom is 0.266 e. The van der Waals surface area contributed by atoms with E-state index in [9.17, 15) is 9.59 Å². The maximum atomic E-state index is 13.3. The molecule has 0 radical (unpaired) electrons. The summed E-state index contributed by atoms with van der Waals surface area (Å²) in [4.78, 5) is 32.7. The summed E-state index contributed by atoms with van der Waals surface area (Å²) >= 11 is 13.4. The third-order valence-electron chi connectivity index (χ3n) is 4.84. The molecule has 6 nitrogen and oxygen atoms in total. The zero-order valence-electron chi connectivity index (χ0n) is 16.2. The topological polar surface area (TPSA) is 64.4 Å². The summed E-state index contributed by atoms with van der Waals surface area (Å²) in [6.45, 7) is 4.02. The highest BCUT2D eigenvalue weighted by Crippen LogP contribution is 2.27. The van der Waals surface area contributed by atoms with E-state index in [1.165, 1.54) is 16.3 Å². The molecule has 1 aromatic heterocycles. The molecule has 30 heavy (non-hydrogen) atoms. The van der Waals surface area contributed by atoms with E-state index in [4.69, 9.17) is 27.9 Å². The Morgan fingerprint density at radius 3 is 2.47 bits per heavy atom.